The first-order valence-corrected chi connectivity index (χ1v) is 5.78. The summed E-state index contributed by atoms with van der Waals surface area (Å²) in [6.45, 7) is 5.54. The molecule has 0 atom stereocenters. The van der Waals surface area contributed by atoms with Crippen LogP contribution in [0.15, 0.2) is 18.2 Å². The molecule has 1 aromatic carbocycles. The number of nitrogens with one attached hydrogen (secondary N) is 1. The minimum atomic E-state index is 0.548. The molecule has 0 aromatic heterocycles. The standard InChI is InChI=1S/C13H20N2/c1-10(2)15(3)12-7-6-11-5-4-8-14-13(11)9-12/h6-7,9-10,14H,4-5,8H2,1-3H3. The monoisotopic (exact) mass is 204 g/mol. The van der Waals surface area contributed by atoms with Crippen molar-refractivity contribution in [1.29, 1.82) is 0 Å². The quantitative estimate of drug-likeness (QED) is 0.797. The Kier molecular flexibility index (Phi) is 2.85. The molecule has 0 radical (unpaired) electrons. The Morgan fingerprint density at radius 2 is 2.13 bits per heavy atom. The van der Waals surface area contributed by atoms with Crippen molar-refractivity contribution < 1.29 is 0 Å². The summed E-state index contributed by atoms with van der Waals surface area (Å²) < 4.78 is 0. The summed E-state index contributed by atoms with van der Waals surface area (Å²) in [6, 6.07) is 7.31. The van der Waals surface area contributed by atoms with Gasteiger partial charge in [-0.15, -0.1) is 0 Å². The number of benzene rings is 1. The second-order valence-electron chi connectivity index (χ2n) is 4.58. The molecular weight excluding hydrogens is 184 g/mol. The zero-order valence-electron chi connectivity index (χ0n) is 9.88. The van der Waals surface area contributed by atoms with Crippen LogP contribution in [0.1, 0.15) is 25.8 Å². The number of hydrogen-bond acceptors (Lipinski definition) is 2. The summed E-state index contributed by atoms with van der Waals surface area (Å²) in [5, 5.41) is 3.47. The molecule has 0 unspecified atom stereocenters. The number of nitrogens with zero attached hydrogens (tertiary/aromatic N) is 1. The lowest BCUT2D eigenvalue weighted by Crippen LogP contribution is -2.26. The molecule has 15 heavy (non-hydrogen) atoms. The van der Waals surface area contributed by atoms with E-state index in [0.717, 1.165) is 6.54 Å². The summed E-state index contributed by atoms with van der Waals surface area (Å²) in [7, 11) is 2.15. The SMILES string of the molecule is CC(C)N(C)c1ccc2c(c1)NCCC2. The van der Waals surface area contributed by atoms with Crippen LogP contribution in [0, 0.1) is 0 Å². The average Bonchev–Trinajstić information content (AvgIpc) is 2.27. The van der Waals surface area contributed by atoms with Crippen LogP contribution in [0.4, 0.5) is 11.4 Å². The van der Waals surface area contributed by atoms with Gasteiger partial charge in [-0.05, 0) is 44.4 Å². The zero-order chi connectivity index (χ0) is 10.8. The van der Waals surface area contributed by atoms with E-state index in [1.807, 2.05) is 0 Å². The van der Waals surface area contributed by atoms with Gasteiger partial charge in [0.15, 0.2) is 0 Å². The van der Waals surface area contributed by atoms with E-state index in [1.54, 1.807) is 0 Å². The molecule has 0 spiro atoms. The van der Waals surface area contributed by atoms with E-state index >= 15 is 0 Å². The fourth-order valence-corrected chi connectivity index (χ4v) is 1.97. The van der Waals surface area contributed by atoms with Crippen molar-refractivity contribution in [3.8, 4) is 0 Å². The van der Waals surface area contributed by atoms with Crippen molar-refractivity contribution in [2.24, 2.45) is 0 Å². The third-order valence-corrected chi connectivity index (χ3v) is 3.21. The van der Waals surface area contributed by atoms with Crippen LogP contribution in [0.2, 0.25) is 0 Å². The van der Waals surface area contributed by atoms with Crippen LogP contribution in [0.25, 0.3) is 0 Å². The number of aryl methyl sites for hydroxylation is 1. The van der Waals surface area contributed by atoms with Gasteiger partial charge < -0.3 is 10.2 Å². The number of rotatable bonds is 2. The Bertz CT molecular complexity index is 344. The van der Waals surface area contributed by atoms with Crippen LogP contribution in [0.3, 0.4) is 0 Å². The van der Waals surface area contributed by atoms with E-state index in [9.17, 15) is 0 Å². The van der Waals surface area contributed by atoms with Crippen LogP contribution in [0.5, 0.6) is 0 Å². The van der Waals surface area contributed by atoms with E-state index in [4.69, 9.17) is 0 Å². The first kappa shape index (κ1) is 10.3. The Labute approximate surface area is 92.3 Å². The zero-order valence-corrected chi connectivity index (χ0v) is 9.88. The Balaban J connectivity index is 2.27. The number of hydrogen-bond donors (Lipinski definition) is 1. The van der Waals surface area contributed by atoms with Crippen LogP contribution < -0.4 is 10.2 Å². The minimum absolute atomic E-state index is 0.548. The maximum absolute atomic E-state index is 3.47. The lowest BCUT2D eigenvalue weighted by atomic mass is 10.0. The van der Waals surface area contributed by atoms with Crippen molar-refractivity contribution >= 4 is 11.4 Å². The minimum Gasteiger partial charge on any atom is -0.385 e. The third-order valence-electron chi connectivity index (χ3n) is 3.21. The van der Waals surface area contributed by atoms with Crippen molar-refractivity contribution in [1.82, 2.24) is 0 Å². The second kappa shape index (κ2) is 4.13. The lowest BCUT2D eigenvalue weighted by Gasteiger charge is -2.26. The first-order chi connectivity index (χ1) is 7.18. The van der Waals surface area contributed by atoms with Crippen molar-refractivity contribution in [3.05, 3.63) is 23.8 Å². The fraction of sp³-hybridized carbons (Fsp3) is 0.538. The molecule has 2 heteroatoms. The lowest BCUT2D eigenvalue weighted by molar-refractivity contribution is 0.753. The van der Waals surface area contributed by atoms with Crippen LogP contribution in [-0.4, -0.2) is 19.6 Å². The molecule has 1 aliphatic heterocycles. The van der Waals surface area contributed by atoms with Gasteiger partial charge in [0.25, 0.3) is 0 Å². The van der Waals surface area contributed by atoms with Crippen molar-refractivity contribution in [2.75, 3.05) is 23.8 Å². The van der Waals surface area contributed by atoms with Gasteiger partial charge in [-0.1, -0.05) is 6.07 Å². The number of fused-ring (bicyclic) bond motifs is 1. The van der Waals surface area contributed by atoms with Gasteiger partial charge in [0.2, 0.25) is 0 Å². The Hall–Kier alpha value is -1.18. The second-order valence-corrected chi connectivity index (χ2v) is 4.58. The molecule has 1 heterocycles. The van der Waals surface area contributed by atoms with Gasteiger partial charge in [-0.2, -0.15) is 0 Å². The summed E-state index contributed by atoms with van der Waals surface area (Å²) in [5.41, 5.74) is 4.09. The Morgan fingerprint density at radius 3 is 2.87 bits per heavy atom. The van der Waals surface area contributed by atoms with Gasteiger partial charge >= 0.3 is 0 Å². The van der Waals surface area contributed by atoms with Gasteiger partial charge in [-0.3, -0.25) is 0 Å². The number of anilines is 2. The van der Waals surface area contributed by atoms with E-state index in [2.05, 4.69) is 49.3 Å². The fourth-order valence-electron chi connectivity index (χ4n) is 1.97. The molecule has 2 rings (SSSR count). The highest BCUT2D eigenvalue weighted by molar-refractivity contribution is 5.63. The molecule has 0 saturated carbocycles. The maximum Gasteiger partial charge on any atom is 0.0393 e. The van der Waals surface area contributed by atoms with Crippen LogP contribution >= 0.6 is 0 Å². The molecule has 1 aliphatic rings. The summed E-state index contributed by atoms with van der Waals surface area (Å²) >= 11 is 0. The van der Waals surface area contributed by atoms with Gasteiger partial charge in [-0.25, -0.2) is 0 Å². The molecule has 0 saturated heterocycles. The largest absolute Gasteiger partial charge is 0.385 e. The van der Waals surface area contributed by atoms with Crippen molar-refractivity contribution in [2.45, 2.75) is 32.7 Å². The summed E-state index contributed by atoms with van der Waals surface area (Å²) in [6.07, 6.45) is 2.47. The van der Waals surface area contributed by atoms with E-state index < -0.39 is 0 Å². The predicted octanol–water partition coefficient (Wildman–Crippen LogP) is 2.89. The maximum atomic E-state index is 3.47. The van der Waals surface area contributed by atoms with Crippen molar-refractivity contribution in [3.63, 3.8) is 0 Å². The van der Waals surface area contributed by atoms with Gasteiger partial charge in [0, 0.05) is 31.0 Å². The smallest absolute Gasteiger partial charge is 0.0393 e. The van der Waals surface area contributed by atoms with E-state index in [1.165, 1.54) is 29.8 Å². The summed E-state index contributed by atoms with van der Waals surface area (Å²) in [4.78, 5) is 2.30. The average molecular weight is 204 g/mol. The molecule has 1 N–H and O–H groups in total. The highest BCUT2D eigenvalue weighted by Gasteiger charge is 2.11. The first-order valence-electron chi connectivity index (χ1n) is 5.78. The van der Waals surface area contributed by atoms with Gasteiger partial charge in [0.05, 0.1) is 0 Å². The third kappa shape index (κ3) is 2.09. The molecule has 2 nitrogen and oxygen atoms in total. The Morgan fingerprint density at radius 1 is 1.33 bits per heavy atom. The topological polar surface area (TPSA) is 15.3 Å². The van der Waals surface area contributed by atoms with E-state index in [-0.39, 0.29) is 0 Å². The molecular formula is C13H20N2. The molecule has 0 amide bonds. The van der Waals surface area contributed by atoms with Gasteiger partial charge in [0.1, 0.15) is 0 Å². The van der Waals surface area contributed by atoms with Crippen LogP contribution in [-0.2, 0) is 6.42 Å². The normalized spacial score (nSPS) is 14.7. The highest BCUT2D eigenvalue weighted by Crippen LogP contribution is 2.27. The highest BCUT2D eigenvalue weighted by atomic mass is 15.1. The summed E-state index contributed by atoms with van der Waals surface area (Å²) in [5.74, 6) is 0. The molecule has 0 fully saturated rings. The van der Waals surface area contributed by atoms with E-state index in [0.29, 0.717) is 6.04 Å². The molecule has 1 aromatic rings. The molecule has 0 aliphatic carbocycles. The molecule has 82 valence electrons. The molecule has 0 bridgehead atoms. The predicted molar refractivity (Wildman–Crippen MR) is 66.8 cm³/mol.